The molecule has 1 heterocycles. The minimum absolute atomic E-state index is 0.306. The molecule has 0 amide bonds. The molecule has 5 nitrogen and oxygen atoms in total. The molecular formula is C13H15FN4O. The van der Waals surface area contributed by atoms with E-state index in [2.05, 4.69) is 20.6 Å². The van der Waals surface area contributed by atoms with Gasteiger partial charge >= 0.3 is 0 Å². The standard InChI is InChI=1S/C13H15FN4O/c1-3-15-12-7-13(17-8-16-12)18-11-6-9(19-2)4-5-10(11)14/h4-8H,3H2,1-2H3,(H2,15,16,17,18). The number of aromatic nitrogens is 2. The summed E-state index contributed by atoms with van der Waals surface area (Å²) in [6.07, 6.45) is 1.42. The number of hydrogen-bond donors (Lipinski definition) is 2. The minimum atomic E-state index is -0.371. The molecule has 2 N–H and O–H groups in total. The van der Waals surface area contributed by atoms with Gasteiger partial charge in [0.05, 0.1) is 12.8 Å². The second kappa shape index (κ2) is 5.99. The van der Waals surface area contributed by atoms with Gasteiger partial charge in [0.1, 0.15) is 29.5 Å². The number of methoxy groups -OCH3 is 1. The van der Waals surface area contributed by atoms with Crippen molar-refractivity contribution in [2.75, 3.05) is 24.3 Å². The molecule has 100 valence electrons. The molecular weight excluding hydrogens is 247 g/mol. The maximum atomic E-state index is 13.7. The Bertz CT molecular complexity index is 562. The predicted octanol–water partition coefficient (Wildman–Crippen LogP) is 2.80. The van der Waals surface area contributed by atoms with E-state index in [-0.39, 0.29) is 5.82 Å². The number of benzene rings is 1. The molecule has 0 bridgehead atoms. The van der Waals surface area contributed by atoms with Crippen LogP contribution in [0.4, 0.5) is 21.7 Å². The van der Waals surface area contributed by atoms with E-state index in [1.165, 1.54) is 19.5 Å². The van der Waals surface area contributed by atoms with E-state index in [4.69, 9.17) is 4.74 Å². The lowest BCUT2D eigenvalue weighted by molar-refractivity contribution is 0.414. The summed E-state index contributed by atoms with van der Waals surface area (Å²) in [6.45, 7) is 2.72. The zero-order valence-electron chi connectivity index (χ0n) is 10.8. The van der Waals surface area contributed by atoms with Gasteiger partial charge in [-0.3, -0.25) is 0 Å². The summed E-state index contributed by atoms with van der Waals surface area (Å²) in [5.74, 6) is 1.40. The van der Waals surface area contributed by atoms with Gasteiger partial charge in [0, 0.05) is 18.7 Å². The summed E-state index contributed by atoms with van der Waals surface area (Å²) in [4.78, 5) is 8.09. The van der Waals surface area contributed by atoms with Crippen molar-refractivity contribution in [1.82, 2.24) is 9.97 Å². The molecule has 2 aromatic rings. The second-order valence-corrected chi connectivity index (χ2v) is 3.79. The Kier molecular flexibility index (Phi) is 4.12. The molecule has 2 rings (SSSR count). The van der Waals surface area contributed by atoms with Crippen LogP contribution in [0, 0.1) is 5.82 Å². The molecule has 0 spiro atoms. The number of nitrogens with zero attached hydrogens (tertiary/aromatic N) is 2. The average Bonchev–Trinajstić information content (AvgIpc) is 2.42. The molecule has 19 heavy (non-hydrogen) atoms. The van der Waals surface area contributed by atoms with Gasteiger partial charge in [-0.25, -0.2) is 14.4 Å². The lowest BCUT2D eigenvalue weighted by Gasteiger charge is -2.09. The minimum Gasteiger partial charge on any atom is -0.497 e. The van der Waals surface area contributed by atoms with Gasteiger partial charge in [-0.2, -0.15) is 0 Å². The van der Waals surface area contributed by atoms with E-state index in [1.54, 1.807) is 18.2 Å². The average molecular weight is 262 g/mol. The third-order valence-corrected chi connectivity index (χ3v) is 2.46. The van der Waals surface area contributed by atoms with Gasteiger partial charge < -0.3 is 15.4 Å². The molecule has 0 atom stereocenters. The molecule has 1 aromatic carbocycles. The Morgan fingerprint density at radius 3 is 2.74 bits per heavy atom. The highest BCUT2D eigenvalue weighted by molar-refractivity contribution is 5.61. The lowest BCUT2D eigenvalue weighted by Crippen LogP contribution is -2.02. The van der Waals surface area contributed by atoms with Crippen LogP contribution in [0.5, 0.6) is 5.75 Å². The summed E-state index contributed by atoms with van der Waals surface area (Å²) in [5.41, 5.74) is 0.306. The third-order valence-electron chi connectivity index (χ3n) is 2.46. The van der Waals surface area contributed by atoms with Gasteiger partial charge in [0.2, 0.25) is 0 Å². The van der Waals surface area contributed by atoms with E-state index in [0.717, 1.165) is 6.54 Å². The van der Waals surface area contributed by atoms with E-state index < -0.39 is 0 Å². The van der Waals surface area contributed by atoms with Crippen LogP contribution in [0.25, 0.3) is 0 Å². The smallest absolute Gasteiger partial charge is 0.146 e. The van der Waals surface area contributed by atoms with Gasteiger partial charge in [-0.05, 0) is 19.1 Å². The van der Waals surface area contributed by atoms with Crippen molar-refractivity contribution in [3.8, 4) is 5.75 Å². The van der Waals surface area contributed by atoms with Crippen LogP contribution in [-0.4, -0.2) is 23.6 Å². The molecule has 0 fully saturated rings. The van der Waals surface area contributed by atoms with Gasteiger partial charge in [-0.1, -0.05) is 0 Å². The number of rotatable bonds is 5. The quantitative estimate of drug-likeness (QED) is 0.867. The van der Waals surface area contributed by atoms with Crippen molar-refractivity contribution >= 4 is 17.3 Å². The van der Waals surface area contributed by atoms with Crippen LogP contribution in [0.1, 0.15) is 6.92 Å². The fourth-order valence-electron chi connectivity index (χ4n) is 1.57. The van der Waals surface area contributed by atoms with Crippen LogP contribution >= 0.6 is 0 Å². The molecule has 0 aliphatic heterocycles. The van der Waals surface area contributed by atoms with Crippen molar-refractivity contribution in [2.45, 2.75) is 6.92 Å². The molecule has 0 unspecified atom stereocenters. The number of anilines is 3. The number of hydrogen-bond acceptors (Lipinski definition) is 5. The van der Waals surface area contributed by atoms with E-state index >= 15 is 0 Å². The van der Waals surface area contributed by atoms with Crippen molar-refractivity contribution < 1.29 is 9.13 Å². The first-order valence-electron chi connectivity index (χ1n) is 5.89. The Morgan fingerprint density at radius 1 is 1.21 bits per heavy atom. The highest BCUT2D eigenvalue weighted by Crippen LogP contribution is 2.24. The Labute approximate surface area is 110 Å². The fourth-order valence-corrected chi connectivity index (χ4v) is 1.57. The topological polar surface area (TPSA) is 59.1 Å². The van der Waals surface area contributed by atoms with Crippen LogP contribution in [-0.2, 0) is 0 Å². The summed E-state index contributed by atoms with van der Waals surface area (Å²) < 4.78 is 18.7. The SMILES string of the molecule is CCNc1cc(Nc2cc(OC)ccc2F)ncn1. The predicted molar refractivity (Wildman–Crippen MR) is 72.4 cm³/mol. The highest BCUT2D eigenvalue weighted by Gasteiger charge is 2.06. The highest BCUT2D eigenvalue weighted by atomic mass is 19.1. The zero-order chi connectivity index (χ0) is 13.7. The second-order valence-electron chi connectivity index (χ2n) is 3.79. The zero-order valence-corrected chi connectivity index (χ0v) is 10.8. The Balaban J connectivity index is 2.22. The van der Waals surface area contributed by atoms with Gasteiger partial charge in [-0.15, -0.1) is 0 Å². The monoisotopic (exact) mass is 262 g/mol. The number of ether oxygens (including phenoxy) is 1. The van der Waals surface area contributed by atoms with Crippen LogP contribution < -0.4 is 15.4 Å². The first kappa shape index (κ1) is 13.1. The Hall–Kier alpha value is -2.37. The summed E-state index contributed by atoms with van der Waals surface area (Å²) in [7, 11) is 1.53. The number of halogens is 1. The van der Waals surface area contributed by atoms with Crippen LogP contribution in [0.3, 0.4) is 0 Å². The molecule has 0 radical (unpaired) electrons. The third kappa shape index (κ3) is 3.31. The first-order valence-corrected chi connectivity index (χ1v) is 5.89. The molecule has 0 saturated heterocycles. The molecule has 0 aliphatic rings. The Morgan fingerprint density at radius 2 is 2.00 bits per heavy atom. The van der Waals surface area contributed by atoms with E-state index in [1.807, 2.05) is 6.92 Å². The maximum Gasteiger partial charge on any atom is 0.146 e. The van der Waals surface area contributed by atoms with Crippen LogP contribution in [0.15, 0.2) is 30.6 Å². The maximum absolute atomic E-state index is 13.7. The summed E-state index contributed by atoms with van der Waals surface area (Å²) in [5, 5.41) is 5.96. The lowest BCUT2D eigenvalue weighted by atomic mass is 10.3. The summed E-state index contributed by atoms with van der Waals surface area (Å²) >= 11 is 0. The van der Waals surface area contributed by atoms with Crippen molar-refractivity contribution in [1.29, 1.82) is 0 Å². The van der Waals surface area contributed by atoms with E-state index in [0.29, 0.717) is 23.1 Å². The van der Waals surface area contributed by atoms with Crippen molar-refractivity contribution in [3.63, 3.8) is 0 Å². The van der Waals surface area contributed by atoms with Crippen molar-refractivity contribution in [2.24, 2.45) is 0 Å². The largest absolute Gasteiger partial charge is 0.497 e. The van der Waals surface area contributed by atoms with Gasteiger partial charge in [0.15, 0.2) is 0 Å². The van der Waals surface area contributed by atoms with Gasteiger partial charge in [0.25, 0.3) is 0 Å². The molecule has 0 aliphatic carbocycles. The molecule has 0 saturated carbocycles. The molecule has 1 aromatic heterocycles. The van der Waals surface area contributed by atoms with Crippen LogP contribution in [0.2, 0.25) is 0 Å². The fraction of sp³-hybridized carbons (Fsp3) is 0.231. The van der Waals surface area contributed by atoms with Crippen molar-refractivity contribution in [3.05, 3.63) is 36.4 Å². The van der Waals surface area contributed by atoms with E-state index in [9.17, 15) is 4.39 Å². The normalized spacial score (nSPS) is 10.1. The molecule has 6 heteroatoms. The number of nitrogens with one attached hydrogen (secondary N) is 2. The first-order chi connectivity index (χ1) is 9.22. The summed E-state index contributed by atoms with van der Waals surface area (Å²) in [6, 6.07) is 6.19.